The Hall–Kier alpha value is -2.94. The SMILES string of the molecule is CCc1nc2ccccc2c(C(=O)OCC(=O)N[C@](C)(C#N)C(C)C)c1C. The average molecular weight is 367 g/mol. The number of esters is 1. The van der Waals surface area contributed by atoms with Gasteiger partial charge in [-0.3, -0.25) is 9.78 Å². The van der Waals surface area contributed by atoms with Gasteiger partial charge in [0.15, 0.2) is 6.61 Å². The van der Waals surface area contributed by atoms with Crippen LogP contribution in [0.15, 0.2) is 24.3 Å². The summed E-state index contributed by atoms with van der Waals surface area (Å²) in [4.78, 5) is 29.5. The highest BCUT2D eigenvalue weighted by atomic mass is 16.5. The van der Waals surface area contributed by atoms with Gasteiger partial charge in [0.05, 0.1) is 17.1 Å². The Bertz CT molecular complexity index is 915. The third-order valence-corrected chi connectivity index (χ3v) is 4.90. The number of para-hydroxylation sites is 1. The van der Waals surface area contributed by atoms with E-state index in [1.807, 2.05) is 52.0 Å². The minimum Gasteiger partial charge on any atom is -0.452 e. The van der Waals surface area contributed by atoms with E-state index in [2.05, 4.69) is 16.4 Å². The van der Waals surface area contributed by atoms with Crippen molar-refractivity contribution in [3.05, 3.63) is 41.1 Å². The number of pyridine rings is 1. The van der Waals surface area contributed by atoms with Crippen molar-refractivity contribution in [1.82, 2.24) is 10.3 Å². The summed E-state index contributed by atoms with van der Waals surface area (Å²) in [6.45, 7) is 8.69. The van der Waals surface area contributed by atoms with Crippen LogP contribution in [0.4, 0.5) is 0 Å². The van der Waals surface area contributed by atoms with Crippen molar-refractivity contribution in [3.63, 3.8) is 0 Å². The van der Waals surface area contributed by atoms with Crippen LogP contribution in [0.2, 0.25) is 0 Å². The molecule has 6 nitrogen and oxygen atoms in total. The van der Waals surface area contributed by atoms with E-state index >= 15 is 0 Å². The molecule has 0 aliphatic rings. The van der Waals surface area contributed by atoms with Gasteiger partial charge in [-0.15, -0.1) is 0 Å². The van der Waals surface area contributed by atoms with E-state index < -0.39 is 24.0 Å². The lowest BCUT2D eigenvalue weighted by Gasteiger charge is -2.27. The molecule has 0 fully saturated rings. The summed E-state index contributed by atoms with van der Waals surface area (Å²) in [6, 6.07) is 9.45. The zero-order chi connectivity index (χ0) is 20.2. The number of nitriles is 1. The van der Waals surface area contributed by atoms with Gasteiger partial charge in [-0.1, -0.05) is 39.0 Å². The van der Waals surface area contributed by atoms with Gasteiger partial charge in [0.25, 0.3) is 5.91 Å². The molecule has 2 rings (SSSR count). The molecule has 1 heterocycles. The van der Waals surface area contributed by atoms with E-state index in [0.29, 0.717) is 22.9 Å². The Morgan fingerprint density at radius 2 is 2.00 bits per heavy atom. The third-order valence-electron chi connectivity index (χ3n) is 4.90. The van der Waals surface area contributed by atoms with E-state index in [0.717, 1.165) is 11.3 Å². The highest BCUT2D eigenvalue weighted by Crippen LogP contribution is 2.24. The molecule has 0 radical (unpaired) electrons. The fraction of sp³-hybridized carbons (Fsp3) is 0.429. The van der Waals surface area contributed by atoms with Gasteiger partial charge in [0, 0.05) is 11.1 Å². The second kappa shape index (κ2) is 8.17. The number of hydrogen-bond acceptors (Lipinski definition) is 5. The molecular formula is C21H25N3O3. The number of rotatable bonds is 6. The average Bonchev–Trinajstić information content (AvgIpc) is 2.65. The van der Waals surface area contributed by atoms with Crippen LogP contribution in [0, 0.1) is 24.2 Å². The first-order valence-electron chi connectivity index (χ1n) is 9.01. The highest BCUT2D eigenvalue weighted by Gasteiger charge is 2.30. The molecule has 1 aromatic carbocycles. The van der Waals surface area contributed by atoms with Crippen LogP contribution in [0.25, 0.3) is 10.9 Å². The molecule has 27 heavy (non-hydrogen) atoms. The number of fused-ring (bicyclic) bond motifs is 1. The largest absolute Gasteiger partial charge is 0.452 e. The molecule has 1 N–H and O–H groups in total. The smallest absolute Gasteiger partial charge is 0.339 e. The van der Waals surface area contributed by atoms with Crippen LogP contribution < -0.4 is 5.32 Å². The number of ether oxygens (including phenoxy) is 1. The Morgan fingerprint density at radius 1 is 1.33 bits per heavy atom. The summed E-state index contributed by atoms with van der Waals surface area (Å²) in [5, 5.41) is 12.6. The Kier molecular flexibility index (Phi) is 6.17. The number of carbonyl (C=O) groups excluding carboxylic acids is 2. The molecule has 0 unspecified atom stereocenters. The topological polar surface area (TPSA) is 92.1 Å². The molecule has 0 aliphatic carbocycles. The van der Waals surface area contributed by atoms with Crippen molar-refractivity contribution in [2.75, 3.05) is 6.61 Å². The third kappa shape index (κ3) is 4.25. The first-order valence-corrected chi connectivity index (χ1v) is 9.01. The van der Waals surface area contributed by atoms with Gasteiger partial charge in [-0.2, -0.15) is 5.26 Å². The first-order chi connectivity index (χ1) is 12.7. The molecule has 0 saturated heterocycles. The van der Waals surface area contributed by atoms with E-state index in [1.165, 1.54) is 0 Å². The molecule has 142 valence electrons. The molecule has 0 spiro atoms. The highest BCUT2D eigenvalue weighted by molar-refractivity contribution is 6.05. The van der Waals surface area contributed by atoms with E-state index in [-0.39, 0.29) is 5.92 Å². The number of nitrogens with zero attached hydrogens (tertiary/aromatic N) is 2. The van der Waals surface area contributed by atoms with Crippen LogP contribution in [-0.2, 0) is 16.0 Å². The predicted molar refractivity (Wildman–Crippen MR) is 103 cm³/mol. The van der Waals surface area contributed by atoms with Crippen molar-refractivity contribution in [2.45, 2.75) is 46.6 Å². The summed E-state index contributed by atoms with van der Waals surface area (Å²) in [7, 11) is 0. The Morgan fingerprint density at radius 3 is 2.59 bits per heavy atom. The standard InChI is InChI=1S/C21H25N3O3/c1-6-16-14(4)19(15-9-7-8-10-17(15)23-16)20(26)27-11-18(25)24-21(5,12-22)13(2)3/h7-10,13H,6,11H2,1-5H3,(H,24,25)/t21-/m1/s1. The normalized spacial score (nSPS) is 13.1. The van der Waals surface area contributed by atoms with Crippen LogP contribution in [0.3, 0.4) is 0 Å². The number of carbonyl (C=O) groups is 2. The monoisotopic (exact) mass is 367 g/mol. The van der Waals surface area contributed by atoms with Crippen LogP contribution >= 0.6 is 0 Å². The maximum atomic E-state index is 12.7. The molecule has 2 aromatic rings. The fourth-order valence-corrected chi connectivity index (χ4v) is 2.80. The molecule has 0 aliphatic heterocycles. The van der Waals surface area contributed by atoms with Gasteiger partial charge >= 0.3 is 5.97 Å². The summed E-state index contributed by atoms with van der Waals surface area (Å²) in [5.74, 6) is -1.16. The van der Waals surface area contributed by atoms with Crippen molar-refractivity contribution < 1.29 is 14.3 Å². The van der Waals surface area contributed by atoms with Crippen molar-refractivity contribution in [1.29, 1.82) is 5.26 Å². The van der Waals surface area contributed by atoms with E-state index in [1.54, 1.807) is 6.92 Å². The molecular weight excluding hydrogens is 342 g/mol. The van der Waals surface area contributed by atoms with Crippen molar-refractivity contribution in [2.24, 2.45) is 5.92 Å². The maximum absolute atomic E-state index is 12.7. The van der Waals surface area contributed by atoms with Crippen LogP contribution in [0.1, 0.15) is 49.3 Å². The van der Waals surface area contributed by atoms with Gasteiger partial charge in [-0.05, 0) is 37.8 Å². The van der Waals surface area contributed by atoms with Crippen LogP contribution in [0.5, 0.6) is 0 Å². The molecule has 0 bridgehead atoms. The molecule has 1 atom stereocenters. The van der Waals surface area contributed by atoms with Crippen molar-refractivity contribution >= 4 is 22.8 Å². The Labute approximate surface area is 159 Å². The minimum absolute atomic E-state index is 0.0827. The van der Waals surface area contributed by atoms with E-state index in [9.17, 15) is 14.9 Å². The summed E-state index contributed by atoms with van der Waals surface area (Å²) >= 11 is 0. The second-order valence-electron chi connectivity index (χ2n) is 7.02. The second-order valence-corrected chi connectivity index (χ2v) is 7.02. The lowest BCUT2D eigenvalue weighted by atomic mass is 9.90. The minimum atomic E-state index is -1.02. The molecule has 1 aromatic heterocycles. The number of benzene rings is 1. The van der Waals surface area contributed by atoms with Crippen LogP contribution in [-0.4, -0.2) is 29.0 Å². The molecule has 0 saturated carbocycles. The quantitative estimate of drug-likeness (QED) is 0.791. The van der Waals surface area contributed by atoms with Gasteiger partial charge in [-0.25, -0.2) is 4.79 Å². The lowest BCUT2D eigenvalue weighted by Crippen LogP contribution is -2.50. The van der Waals surface area contributed by atoms with Gasteiger partial charge < -0.3 is 10.1 Å². The van der Waals surface area contributed by atoms with Gasteiger partial charge in [0.1, 0.15) is 5.54 Å². The summed E-state index contributed by atoms with van der Waals surface area (Å²) in [5.41, 5.74) is 1.70. The lowest BCUT2D eigenvalue weighted by molar-refractivity contribution is -0.125. The number of nitrogens with one attached hydrogen (secondary N) is 1. The molecule has 6 heteroatoms. The number of aryl methyl sites for hydroxylation is 1. The zero-order valence-corrected chi connectivity index (χ0v) is 16.4. The summed E-state index contributed by atoms with van der Waals surface area (Å²) < 4.78 is 5.26. The maximum Gasteiger partial charge on any atom is 0.339 e. The van der Waals surface area contributed by atoms with Crippen molar-refractivity contribution in [3.8, 4) is 6.07 Å². The van der Waals surface area contributed by atoms with Gasteiger partial charge in [0.2, 0.25) is 0 Å². The predicted octanol–water partition coefficient (Wildman–Crippen LogP) is 3.32. The number of aromatic nitrogens is 1. The Balaban J connectivity index is 2.23. The number of hydrogen-bond donors (Lipinski definition) is 1. The molecule has 1 amide bonds. The summed E-state index contributed by atoms with van der Waals surface area (Å²) in [6.07, 6.45) is 0.687. The number of amides is 1. The first kappa shape index (κ1) is 20.4. The van der Waals surface area contributed by atoms with E-state index in [4.69, 9.17) is 4.74 Å². The fourth-order valence-electron chi connectivity index (χ4n) is 2.80. The zero-order valence-electron chi connectivity index (χ0n) is 16.4.